The fourth-order valence-electron chi connectivity index (χ4n) is 2.18. The molecular formula is C18H13N3O3S. The quantitative estimate of drug-likeness (QED) is 0.288. The normalized spacial score (nSPS) is 10.4. The molecule has 0 N–H and O–H groups in total. The standard InChI is InChI=1S/C18H13N3O3S/c22-17(13-5-2-1-3-6-13)12-25-18-10-9-16(19-20-18)14-7-4-8-15(11-14)21(23)24/h1-11H,12H2. The summed E-state index contributed by atoms with van der Waals surface area (Å²) in [7, 11) is 0. The molecule has 124 valence electrons. The Morgan fingerprint density at radius 2 is 1.80 bits per heavy atom. The van der Waals surface area contributed by atoms with Crippen molar-refractivity contribution in [3.05, 3.63) is 82.4 Å². The monoisotopic (exact) mass is 351 g/mol. The molecule has 1 heterocycles. The van der Waals surface area contributed by atoms with Gasteiger partial charge < -0.3 is 0 Å². The van der Waals surface area contributed by atoms with Crippen molar-refractivity contribution in [3.8, 4) is 11.3 Å². The highest BCUT2D eigenvalue weighted by molar-refractivity contribution is 7.99. The summed E-state index contributed by atoms with van der Waals surface area (Å²) < 4.78 is 0. The van der Waals surface area contributed by atoms with Crippen LogP contribution in [0.3, 0.4) is 0 Å². The maximum atomic E-state index is 12.1. The molecule has 1 aromatic heterocycles. The molecule has 6 nitrogen and oxygen atoms in total. The van der Waals surface area contributed by atoms with E-state index in [1.54, 1.807) is 36.4 Å². The van der Waals surface area contributed by atoms with Gasteiger partial charge in [0, 0.05) is 23.3 Å². The predicted molar refractivity (Wildman–Crippen MR) is 95.6 cm³/mol. The topological polar surface area (TPSA) is 86.0 Å². The first kappa shape index (κ1) is 16.8. The third-order valence-electron chi connectivity index (χ3n) is 3.44. The lowest BCUT2D eigenvalue weighted by atomic mass is 10.1. The first-order valence-electron chi connectivity index (χ1n) is 7.43. The van der Waals surface area contributed by atoms with Crippen molar-refractivity contribution in [3.63, 3.8) is 0 Å². The molecule has 0 fully saturated rings. The molecule has 0 saturated carbocycles. The number of nitrogens with zero attached hydrogens (tertiary/aromatic N) is 3. The molecule has 2 aromatic carbocycles. The van der Waals surface area contributed by atoms with Crippen molar-refractivity contribution in [2.75, 3.05) is 5.75 Å². The van der Waals surface area contributed by atoms with E-state index in [-0.39, 0.29) is 17.2 Å². The number of carbonyl (C=O) groups is 1. The fraction of sp³-hybridized carbons (Fsp3) is 0.0556. The first-order valence-corrected chi connectivity index (χ1v) is 8.41. The van der Waals surface area contributed by atoms with Gasteiger partial charge in [-0.1, -0.05) is 54.2 Å². The minimum Gasteiger partial charge on any atom is -0.293 e. The van der Waals surface area contributed by atoms with E-state index in [0.717, 1.165) is 0 Å². The average molecular weight is 351 g/mol. The summed E-state index contributed by atoms with van der Waals surface area (Å²) in [6.07, 6.45) is 0. The highest BCUT2D eigenvalue weighted by atomic mass is 32.2. The molecule has 0 aliphatic heterocycles. The van der Waals surface area contributed by atoms with Gasteiger partial charge in [0.2, 0.25) is 0 Å². The lowest BCUT2D eigenvalue weighted by Gasteiger charge is -2.03. The number of non-ortho nitro benzene ring substituents is 1. The van der Waals surface area contributed by atoms with E-state index >= 15 is 0 Å². The third-order valence-corrected chi connectivity index (χ3v) is 4.36. The molecule has 0 unspecified atom stereocenters. The Balaban J connectivity index is 1.67. The molecule has 0 aliphatic rings. The summed E-state index contributed by atoms with van der Waals surface area (Å²) >= 11 is 1.30. The number of hydrogen-bond donors (Lipinski definition) is 0. The second kappa shape index (κ2) is 7.67. The molecule has 25 heavy (non-hydrogen) atoms. The van der Waals surface area contributed by atoms with Gasteiger partial charge in [-0.15, -0.1) is 10.2 Å². The van der Waals surface area contributed by atoms with Crippen LogP contribution >= 0.6 is 11.8 Å². The second-order valence-electron chi connectivity index (χ2n) is 5.14. The van der Waals surface area contributed by atoms with Gasteiger partial charge in [-0.3, -0.25) is 14.9 Å². The van der Waals surface area contributed by atoms with E-state index in [0.29, 0.717) is 21.8 Å². The maximum absolute atomic E-state index is 12.1. The van der Waals surface area contributed by atoms with Crippen molar-refractivity contribution in [1.82, 2.24) is 10.2 Å². The van der Waals surface area contributed by atoms with Gasteiger partial charge in [-0.25, -0.2) is 0 Å². The second-order valence-corrected chi connectivity index (χ2v) is 6.14. The number of nitro benzene ring substituents is 1. The largest absolute Gasteiger partial charge is 0.293 e. The first-order chi connectivity index (χ1) is 12.1. The van der Waals surface area contributed by atoms with E-state index < -0.39 is 4.92 Å². The van der Waals surface area contributed by atoms with Gasteiger partial charge in [-0.2, -0.15) is 0 Å². The van der Waals surface area contributed by atoms with Gasteiger partial charge in [0.1, 0.15) is 5.03 Å². The molecule has 0 bridgehead atoms. The molecule has 0 spiro atoms. The van der Waals surface area contributed by atoms with Crippen LogP contribution in [-0.2, 0) is 0 Å². The van der Waals surface area contributed by atoms with E-state index in [1.807, 2.05) is 18.2 Å². The van der Waals surface area contributed by atoms with Crippen molar-refractivity contribution in [2.45, 2.75) is 5.03 Å². The zero-order chi connectivity index (χ0) is 17.6. The van der Waals surface area contributed by atoms with E-state index in [4.69, 9.17) is 0 Å². The number of hydrogen-bond acceptors (Lipinski definition) is 6. The minimum atomic E-state index is -0.448. The number of benzene rings is 2. The van der Waals surface area contributed by atoms with Crippen LogP contribution in [0.5, 0.6) is 0 Å². The number of aromatic nitrogens is 2. The van der Waals surface area contributed by atoms with Crippen LogP contribution in [0, 0.1) is 10.1 Å². The van der Waals surface area contributed by atoms with Gasteiger partial charge in [0.15, 0.2) is 5.78 Å². The van der Waals surface area contributed by atoms with Crippen LogP contribution < -0.4 is 0 Å². The molecule has 3 rings (SSSR count). The number of Topliss-reactive ketones (excluding diaryl/α,β-unsaturated/α-hetero) is 1. The zero-order valence-electron chi connectivity index (χ0n) is 13.0. The van der Waals surface area contributed by atoms with Gasteiger partial charge in [0.05, 0.1) is 16.4 Å². The van der Waals surface area contributed by atoms with E-state index in [9.17, 15) is 14.9 Å². The number of rotatable bonds is 6. The number of ketones is 1. The Bertz CT molecular complexity index is 899. The van der Waals surface area contributed by atoms with E-state index in [2.05, 4.69) is 10.2 Å². The molecule has 0 radical (unpaired) electrons. The lowest BCUT2D eigenvalue weighted by molar-refractivity contribution is -0.384. The van der Waals surface area contributed by atoms with Crippen molar-refractivity contribution in [2.24, 2.45) is 0 Å². The molecular weight excluding hydrogens is 338 g/mol. The highest BCUT2D eigenvalue weighted by Gasteiger charge is 2.10. The molecule has 0 atom stereocenters. The number of nitro groups is 1. The van der Waals surface area contributed by atoms with Crippen molar-refractivity contribution in [1.29, 1.82) is 0 Å². The van der Waals surface area contributed by atoms with Crippen LogP contribution in [0.4, 0.5) is 5.69 Å². The molecule has 0 amide bonds. The summed E-state index contributed by atoms with van der Waals surface area (Å²) in [6, 6.07) is 18.8. The fourth-order valence-corrected chi connectivity index (χ4v) is 2.89. The van der Waals surface area contributed by atoms with E-state index in [1.165, 1.54) is 23.9 Å². The lowest BCUT2D eigenvalue weighted by Crippen LogP contribution is -2.02. The Kier molecular flexibility index (Phi) is 5.15. The Morgan fingerprint density at radius 1 is 1.00 bits per heavy atom. The summed E-state index contributed by atoms with van der Waals surface area (Å²) in [5.41, 5.74) is 1.84. The molecule has 3 aromatic rings. The Labute approximate surface area is 148 Å². The SMILES string of the molecule is O=C(CSc1ccc(-c2cccc([N+](=O)[O-])c2)nn1)c1ccccc1. The zero-order valence-corrected chi connectivity index (χ0v) is 13.8. The van der Waals surface area contributed by atoms with Crippen LogP contribution in [0.15, 0.2) is 71.8 Å². The number of thioether (sulfide) groups is 1. The van der Waals surface area contributed by atoms with Crippen LogP contribution in [0.25, 0.3) is 11.3 Å². The Hall–Kier alpha value is -3.06. The maximum Gasteiger partial charge on any atom is 0.270 e. The van der Waals surface area contributed by atoms with Crippen molar-refractivity contribution >= 4 is 23.2 Å². The van der Waals surface area contributed by atoms with Crippen LogP contribution in [-0.4, -0.2) is 26.7 Å². The minimum absolute atomic E-state index is 0.00575. The van der Waals surface area contributed by atoms with Crippen LogP contribution in [0.1, 0.15) is 10.4 Å². The van der Waals surface area contributed by atoms with Gasteiger partial charge >= 0.3 is 0 Å². The molecule has 0 aliphatic carbocycles. The number of carbonyl (C=O) groups excluding carboxylic acids is 1. The summed E-state index contributed by atoms with van der Waals surface area (Å²) in [6.45, 7) is 0. The predicted octanol–water partition coefficient (Wildman–Crippen LogP) is 4.03. The smallest absolute Gasteiger partial charge is 0.270 e. The highest BCUT2D eigenvalue weighted by Crippen LogP contribution is 2.23. The third kappa shape index (κ3) is 4.27. The molecule has 0 saturated heterocycles. The average Bonchev–Trinajstić information content (AvgIpc) is 2.67. The van der Waals surface area contributed by atoms with Crippen LogP contribution in [0.2, 0.25) is 0 Å². The van der Waals surface area contributed by atoms with Gasteiger partial charge in [-0.05, 0) is 12.1 Å². The summed E-state index contributed by atoms with van der Waals surface area (Å²) in [5.74, 6) is 0.296. The van der Waals surface area contributed by atoms with Crippen molar-refractivity contribution < 1.29 is 9.72 Å². The van der Waals surface area contributed by atoms with Gasteiger partial charge in [0.25, 0.3) is 5.69 Å². The Morgan fingerprint density at radius 3 is 2.48 bits per heavy atom. The summed E-state index contributed by atoms with van der Waals surface area (Å²) in [5, 5.41) is 19.6. The summed E-state index contributed by atoms with van der Waals surface area (Å²) in [4.78, 5) is 22.5. The molecule has 7 heteroatoms.